The molecule has 1 N–H and O–H groups in total. The number of aryl methyl sites for hydroxylation is 1. The lowest BCUT2D eigenvalue weighted by atomic mass is 10.1. The summed E-state index contributed by atoms with van der Waals surface area (Å²) in [7, 11) is 0. The molecule has 0 saturated heterocycles. The van der Waals surface area contributed by atoms with E-state index in [1.165, 1.54) is 6.08 Å². The molecule has 0 radical (unpaired) electrons. The van der Waals surface area contributed by atoms with Gasteiger partial charge in [0, 0.05) is 17.3 Å². The fourth-order valence-corrected chi connectivity index (χ4v) is 3.07. The van der Waals surface area contributed by atoms with Crippen LogP contribution in [0.3, 0.4) is 0 Å². The van der Waals surface area contributed by atoms with Crippen LogP contribution in [0.5, 0.6) is 0 Å². The van der Waals surface area contributed by atoms with E-state index in [-0.39, 0.29) is 5.91 Å². The second-order valence-corrected chi connectivity index (χ2v) is 6.70. The van der Waals surface area contributed by atoms with Gasteiger partial charge in [-0.2, -0.15) is 0 Å². The molecular formula is C24H20N2O2. The molecule has 0 fully saturated rings. The lowest BCUT2D eigenvalue weighted by Gasteiger charge is -2.09. The second kappa shape index (κ2) is 7.53. The number of oxazole rings is 1. The third kappa shape index (κ3) is 3.71. The summed E-state index contributed by atoms with van der Waals surface area (Å²) in [5.41, 5.74) is 6.19. The Morgan fingerprint density at radius 2 is 1.82 bits per heavy atom. The molecular weight excluding hydrogens is 348 g/mol. The molecule has 0 bridgehead atoms. The normalized spacial score (nSPS) is 11.2. The van der Waals surface area contributed by atoms with Crippen LogP contribution in [0, 0.1) is 13.8 Å². The Hall–Kier alpha value is -3.66. The first kappa shape index (κ1) is 17.7. The van der Waals surface area contributed by atoms with Gasteiger partial charge in [-0.1, -0.05) is 42.5 Å². The number of nitrogens with one attached hydrogen (secondary N) is 1. The zero-order chi connectivity index (χ0) is 19.5. The van der Waals surface area contributed by atoms with E-state index in [2.05, 4.69) is 10.3 Å². The molecule has 4 heteroatoms. The van der Waals surface area contributed by atoms with Crippen molar-refractivity contribution in [1.29, 1.82) is 0 Å². The fourth-order valence-electron chi connectivity index (χ4n) is 3.07. The number of rotatable bonds is 4. The van der Waals surface area contributed by atoms with E-state index >= 15 is 0 Å². The van der Waals surface area contributed by atoms with E-state index in [1.807, 2.05) is 80.6 Å². The number of anilines is 1. The molecule has 0 aliphatic carbocycles. The summed E-state index contributed by atoms with van der Waals surface area (Å²) in [5, 5.41) is 2.94. The number of amides is 1. The largest absolute Gasteiger partial charge is 0.436 e. The monoisotopic (exact) mass is 368 g/mol. The van der Waals surface area contributed by atoms with Crippen molar-refractivity contribution in [3.63, 3.8) is 0 Å². The number of benzene rings is 3. The first-order valence-corrected chi connectivity index (χ1v) is 9.11. The average Bonchev–Trinajstić information content (AvgIpc) is 3.11. The molecule has 4 nitrogen and oxygen atoms in total. The summed E-state index contributed by atoms with van der Waals surface area (Å²) < 4.78 is 5.92. The predicted molar refractivity (Wildman–Crippen MR) is 113 cm³/mol. The van der Waals surface area contributed by atoms with E-state index < -0.39 is 0 Å². The van der Waals surface area contributed by atoms with Crippen LogP contribution in [0.15, 0.2) is 77.2 Å². The summed E-state index contributed by atoms with van der Waals surface area (Å²) in [6.07, 6.45) is 3.32. The lowest BCUT2D eigenvalue weighted by Crippen LogP contribution is -2.09. The molecule has 4 aromatic rings. The number of hydrogen-bond acceptors (Lipinski definition) is 3. The van der Waals surface area contributed by atoms with Crippen molar-refractivity contribution in [1.82, 2.24) is 4.98 Å². The summed E-state index contributed by atoms with van der Waals surface area (Å²) in [5.74, 6) is 0.367. The maximum absolute atomic E-state index is 12.3. The van der Waals surface area contributed by atoms with Gasteiger partial charge in [-0.3, -0.25) is 4.79 Å². The standard InChI is InChI=1S/C24H20N2O2/c1-16-11-13-22-21(15-16)26-24(28-22)19-9-6-10-20(17(19)2)25-23(27)14-12-18-7-4-3-5-8-18/h3-15H,1-2H3,(H,25,27). The molecule has 0 aliphatic heterocycles. The van der Waals surface area contributed by atoms with E-state index in [1.54, 1.807) is 6.08 Å². The topological polar surface area (TPSA) is 55.1 Å². The first-order valence-electron chi connectivity index (χ1n) is 9.11. The number of carbonyl (C=O) groups is 1. The molecule has 1 amide bonds. The summed E-state index contributed by atoms with van der Waals surface area (Å²) in [6.45, 7) is 3.98. The molecule has 3 aromatic carbocycles. The van der Waals surface area contributed by atoms with Crippen LogP contribution < -0.4 is 5.32 Å². The fraction of sp³-hybridized carbons (Fsp3) is 0.0833. The van der Waals surface area contributed by atoms with Crippen molar-refractivity contribution in [2.45, 2.75) is 13.8 Å². The van der Waals surface area contributed by atoms with E-state index in [4.69, 9.17) is 4.42 Å². The highest BCUT2D eigenvalue weighted by molar-refractivity contribution is 6.02. The molecule has 4 rings (SSSR count). The van der Waals surface area contributed by atoms with Gasteiger partial charge in [-0.15, -0.1) is 0 Å². The molecule has 0 aliphatic rings. The van der Waals surface area contributed by atoms with Gasteiger partial charge in [-0.05, 0) is 60.9 Å². The lowest BCUT2D eigenvalue weighted by molar-refractivity contribution is -0.111. The number of fused-ring (bicyclic) bond motifs is 1. The van der Waals surface area contributed by atoms with Gasteiger partial charge in [0.2, 0.25) is 11.8 Å². The van der Waals surface area contributed by atoms with Crippen molar-refractivity contribution in [2.75, 3.05) is 5.32 Å². The van der Waals surface area contributed by atoms with Crippen LogP contribution in [0.1, 0.15) is 16.7 Å². The number of hydrogen-bond donors (Lipinski definition) is 1. The van der Waals surface area contributed by atoms with Gasteiger partial charge >= 0.3 is 0 Å². The maximum atomic E-state index is 12.3. The molecule has 0 unspecified atom stereocenters. The van der Waals surface area contributed by atoms with Gasteiger partial charge < -0.3 is 9.73 Å². The first-order chi connectivity index (χ1) is 13.6. The maximum Gasteiger partial charge on any atom is 0.248 e. The summed E-state index contributed by atoms with van der Waals surface area (Å²) in [6, 6.07) is 21.4. The Labute approximate surface area is 163 Å². The highest BCUT2D eigenvalue weighted by Gasteiger charge is 2.13. The minimum atomic E-state index is -0.183. The van der Waals surface area contributed by atoms with E-state index in [0.29, 0.717) is 5.89 Å². The van der Waals surface area contributed by atoms with Crippen LogP contribution in [0.2, 0.25) is 0 Å². The number of aromatic nitrogens is 1. The van der Waals surface area contributed by atoms with Crippen molar-refractivity contribution >= 4 is 28.8 Å². The Balaban J connectivity index is 1.59. The Morgan fingerprint density at radius 3 is 2.64 bits per heavy atom. The quantitative estimate of drug-likeness (QED) is 0.466. The van der Waals surface area contributed by atoms with E-state index in [0.717, 1.165) is 39.0 Å². The molecule has 138 valence electrons. The van der Waals surface area contributed by atoms with Gasteiger partial charge in [0.05, 0.1) is 0 Å². The zero-order valence-electron chi connectivity index (χ0n) is 15.8. The highest BCUT2D eigenvalue weighted by atomic mass is 16.3. The van der Waals surface area contributed by atoms with Crippen molar-refractivity contribution in [3.8, 4) is 11.5 Å². The Kier molecular flexibility index (Phi) is 4.77. The predicted octanol–water partition coefficient (Wildman–Crippen LogP) is 5.76. The van der Waals surface area contributed by atoms with E-state index in [9.17, 15) is 4.79 Å². The molecule has 0 atom stereocenters. The summed E-state index contributed by atoms with van der Waals surface area (Å²) in [4.78, 5) is 16.9. The SMILES string of the molecule is Cc1ccc2oc(-c3cccc(NC(=O)C=Cc4ccccc4)c3C)nc2c1. The van der Waals surface area contributed by atoms with Crippen LogP contribution in [-0.2, 0) is 4.79 Å². The van der Waals surface area contributed by atoms with Gasteiger partial charge in [0.1, 0.15) is 5.52 Å². The number of nitrogens with zero attached hydrogens (tertiary/aromatic N) is 1. The zero-order valence-corrected chi connectivity index (χ0v) is 15.8. The van der Waals surface area contributed by atoms with Crippen molar-refractivity contribution < 1.29 is 9.21 Å². The Bertz CT molecular complexity index is 1170. The summed E-state index contributed by atoms with van der Waals surface area (Å²) >= 11 is 0. The molecule has 28 heavy (non-hydrogen) atoms. The third-order valence-electron chi connectivity index (χ3n) is 4.59. The van der Waals surface area contributed by atoms with Crippen LogP contribution >= 0.6 is 0 Å². The van der Waals surface area contributed by atoms with Gasteiger partial charge in [0.15, 0.2) is 5.58 Å². The number of carbonyl (C=O) groups excluding carboxylic acids is 1. The van der Waals surface area contributed by atoms with Crippen molar-refractivity contribution in [2.24, 2.45) is 0 Å². The average molecular weight is 368 g/mol. The molecule has 1 aromatic heterocycles. The van der Waals surface area contributed by atoms with Crippen LogP contribution in [0.4, 0.5) is 5.69 Å². The Morgan fingerprint density at radius 1 is 1.00 bits per heavy atom. The highest BCUT2D eigenvalue weighted by Crippen LogP contribution is 2.30. The molecule has 1 heterocycles. The van der Waals surface area contributed by atoms with Gasteiger partial charge in [-0.25, -0.2) is 4.98 Å². The van der Waals surface area contributed by atoms with Crippen LogP contribution in [0.25, 0.3) is 28.6 Å². The van der Waals surface area contributed by atoms with Gasteiger partial charge in [0.25, 0.3) is 0 Å². The van der Waals surface area contributed by atoms with Crippen molar-refractivity contribution in [3.05, 3.63) is 89.5 Å². The smallest absolute Gasteiger partial charge is 0.248 e. The molecule has 0 spiro atoms. The third-order valence-corrected chi connectivity index (χ3v) is 4.59. The minimum Gasteiger partial charge on any atom is -0.436 e. The molecule has 0 saturated carbocycles. The second-order valence-electron chi connectivity index (χ2n) is 6.70. The van der Waals surface area contributed by atoms with Crippen LogP contribution in [-0.4, -0.2) is 10.9 Å². The minimum absolute atomic E-state index is 0.183.